The van der Waals surface area contributed by atoms with Crippen LogP contribution >= 0.6 is 0 Å². The number of nitrogens with one attached hydrogen (secondary N) is 1. The highest BCUT2D eigenvalue weighted by Crippen LogP contribution is 2.00. The van der Waals surface area contributed by atoms with Crippen molar-refractivity contribution in [1.29, 1.82) is 0 Å². The Morgan fingerprint density at radius 3 is 2.30 bits per heavy atom. The molecule has 1 N–H and O–H groups in total. The molecule has 2 amide bonds. The highest BCUT2D eigenvalue weighted by Gasteiger charge is 2.15. The minimum Gasteiger partial charge on any atom is -0.352 e. The van der Waals surface area contributed by atoms with Crippen LogP contribution in [0.4, 0.5) is 0 Å². The molecule has 0 radical (unpaired) electrons. The van der Waals surface area contributed by atoms with Gasteiger partial charge in [0.05, 0.1) is 0 Å². The van der Waals surface area contributed by atoms with E-state index in [4.69, 9.17) is 0 Å². The second kappa shape index (κ2) is 9.07. The van der Waals surface area contributed by atoms with Crippen molar-refractivity contribution < 1.29 is 9.59 Å². The Hall–Kier alpha value is -1.91. The van der Waals surface area contributed by atoms with Crippen LogP contribution in [-0.2, 0) is 16.1 Å². The fourth-order valence-electron chi connectivity index (χ4n) is 1.91. The van der Waals surface area contributed by atoms with E-state index >= 15 is 0 Å². The average molecular weight is 277 g/mol. The highest BCUT2D eigenvalue weighted by atomic mass is 16.2. The van der Waals surface area contributed by atoms with Crippen LogP contribution in [0.1, 0.15) is 38.7 Å². The molecule has 0 spiro atoms. The van der Waals surface area contributed by atoms with E-state index < -0.39 is 0 Å². The number of pyridine rings is 1. The fraction of sp³-hybridized carbons (Fsp3) is 0.533. The molecule has 0 aromatic carbocycles. The normalized spacial score (nSPS) is 10.1. The van der Waals surface area contributed by atoms with E-state index in [1.807, 2.05) is 26.0 Å². The molecular weight excluding hydrogens is 254 g/mol. The maximum atomic E-state index is 12.0. The third-order valence-corrected chi connectivity index (χ3v) is 2.89. The largest absolute Gasteiger partial charge is 0.352 e. The monoisotopic (exact) mass is 277 g/mol. The second-order valence-electron chi connectivity index (χ2n) is 4.69. The first-order valence-electron chi connectivity index (χ1n) is 7.10. The summed E-state index contributed by atoms with van der Waals surface area (Å²) in [5.74, 6) is -0.329. The van der Waals surface area contributed by atoms with E-state index in [1.165, 1.54) is 0 Å². The fourth-order valence-corrected chi connectivity index (χ4v) is 1.91. The van der Waals surface area contributed by atoms with Crippen molar-refractivity contribution in [3.63, 3.8) is 0 Å². The van der Waals surface area contributed by atoms with E-state index in [0.29, 0.717) is 19.6 Å². The summed E-state index contributed by atoms with van der Waals surface area (Å²) in [7, 11) is 0. The second-order valence-corrected chi connectivity index (χ2v) is 4.69. The SMILES string of the molecule is CCCN(CCC)C(=O)CC(=O)NCc1ccncc1. The zero-order valence-corrected chi connectivity index (χ0v) is 12.3. The van der Waals surface area contributed by atoms with Crippen LogP contribution in [0.15, 0.2) is 24.5 Å². The van der Waals surface area contributed by atoms with Gasteiger partial charge < -0.3 is 10.2 Å². The minimum absolute atomic E-state index is 0.0783. The lowest BCUT2D eigenvalue weighted by atomic mass is 10.2. The lowest BCUT2D eigenvalue weighted by molar-refractivity contribution is -0.136. The molecule has 110 valence electrons. The van der Waals surface area contributed by atoms with E-state index in [1.54, 1.807) is 17.3 Å². The van der Waals surface area contributed by atoms with Crippen LogP contribution < -0.4 is 5.32 Å². The number of hydrogen-bond donors (Lipinski definition) is 1. The third-order valence-electron chi connectivity index (χ3n) is 2.89. The van der Waals surface area contributed by atoms with Gasteiger partial charge in [-0.25, -0.2) is 0 Å². The van der Waals surface area contributed by atoms with Crippen molar-refractivity contribution in [1.82, 2.24) is 15.2 Å². The molecule has 5 nitrogen and oxygen atoms in total. The first-order chi connectivity index (χ1) is 9.67. The summed E-state index contributed by atoms with van der Waals surface area (Å²) in [6.45, 7) is 5.91. The summed E-state index contributed by atoms with van der Waals surface area (Å²) in [5, 5.41) is 2.75. The smallest absolute Gasteiger partial charge is 0.232 e. The van der Waals surface area contributed by atoms with Gasteiger partial charge in [-0.05, 0) is 30.5 Å². The Labute approximate surface area is 120 Å². The van der Waals surface area contributed by atoms with Crippen LogP contribution in [0.3, 0.4) is 0 Å². The molecule has 1 aromatic heterocycles. The molecule has 5 heteroatoms. The van der Waals surface area contributed by atoms with Crippen LogP contribution in [0, 0.1) is 0 Å². The molecule has 0 aliphatic carbocycles. The van der Waals surface area contributed by atoms with Crippen molar-refractivity contribution in [3.05, 3.63) is 30.1 Å². The summed E-state index contributed by atoms with van der Waals surface area (Å²) in [6.07, 6.45) is 5.09. The van der Waals surface area contributed by atoms with Gasteiger partial charge in [0.15, 0.2) is 0 Å². The zero-order chi connectivity index (χ0) is 14.8. The molecule has 1 rings (SSSR count). The number of nitrogens with zero attached hydrogens (tertiary/aromatic N) is 2. The van der Waals surface area contributed by atoms with Crippen LogP contribution in [-0.4, -0.2) is 34.8 Å². The number of rotatable bonds is 8. The third kappa shape index (κ3) is 5.82. The van der Waals surface area contributed by atoms with Gasteiger partial charge in [-0.1, -0.05) is 13.8 Å². The van der Waals surface area contributed by atoms with E-state index in [9.17, 15) is 9.59 Å². The molecule has 1 aromatic rings. The molecule has 0 unspecified atom stereocenters. The van der Waals surface area contributed by atoms with Crippen molar-refractivity contribution >= 4 is 11.8 Å². The minimum atomic E-state index is -0.232. The van der Waals surface area contributed by atoms with Gasteiger partial charge in [0.25, 0.3) is 0 Å². The molecule has 0 fully saturated rings. The van der Waals surface area contributed by atoms with Gasteiger partial charge in [0.2, 0.25) is 11.8 Å². The Kier molecular flexibility index (Phi) is 7.32. The summed E-state index contributed by atoms with van der Waals surface area (Å²) in [5.41, 5.74) is 0.972. The summed E-state index contributed by atoms with van der Waals surface area (Å²) >= 11 is 0. The standard InChI is InChI=1S/C15H23N3O2/c1-3-9-18(10-4-2)15(20)11-14(19)17-12-13-5-7-16-8-6-13/h5-8H,3-4,9-12H2,1-2H3,(H,17,19). The first-order valence-corrected chi connectivity index (χ1v) is 7.10. The zero-order valence-electron chi connectivity index (χ0n) is 12.3. The number of hydrogen-bond acceptors (Lipinski definition) is 3. The predicted molar refractivity (Wildman–Crippen MR) is 77.9 cm³/mol. The lowest BCUT2D eigenvalue weighted by Gasteiger charge is -2.21. The Balaban J connectivity index is 2.38. The number of aromatic nitrogens is 1. The van der Waals surface area contributed by atoms with Gasteiger partial charge in [-0.2, -0.15) is 0 Å². The van der Waals surface area contributed by atoms with Crippen molar-refractivity contribution in [2.75, 3.05) is 13.1 Å². The first kappa shape index (κ1) is 16.1. The van der Waals surface area contributed by atoms with Crippen molar-refractivity contribution in [2.24, 2.45) is 0 Å². The molecule has 1 heterocycles. The van der Waals surface area contributed by atoms with Gasteiger partial charge in [-0.3, -0.25) is 14.6 Å². The highest BCUT2D eigenvalue weighted by molar-refractivity contribution is 5.96. The Morgan fingerprint density at radius 2 is 1.75 bits per heavy atom. The summed E-state index contributed by atoms with van der Waals surface area (Å²) < 4.78 is 0. The van der Waals surface area contributed by atoms with Gasteiger partial charge in [0, 0.05) is 32.0 Å². The number of carbonyl (C=O) groups excluding carboxylic acids is 2. The van der Waals surface area contributed by atoms with Crippen LogP contribution in [0.25, 0.3) is 0 Å². The maximum absolute atomic E-state index is 12.0. The molecule has 0 aliphatic rings. The van der Waals surface area contributed by atoms with Crippen molar-refractivity contribution in [3.8, 4) is 0 Å². The molecular formula is C15H23N3O2. The summed E-state index contributed by atoms with van der Waals surface area (Å²) in [4.78, 5) is 29.4. The quantitative estimate of drug-likeness (QED) is 0.736. The van der Waals surface area contributed by atoms with E-state index in [0.717, 1.165) is 18.4 Å². The Bertz CT molecular complexity index is 414. The molecule has 20 heavy (non-hydrogen) atoms. The number of carbonyl (C=O) groups is 2. The van der Waals surface area contributed by atoms with E-state index in [-0.39, 0.29) is 18.2 Å². The molecule has 0 bridgehead atoms. The number of amides is 2. The summed E-state index contributed by atoms with van der Waals surface area (Å²) in [6, 6.07) is 3.67. The maximum Gasteiger partial charge on any atom is 0.232 e. The average Bonchev–Trinajstić information content (AvgIpc) is 2.46. The molecule has 0 saturated heterocycles. The predicted octanol–water partition coefficient (Wildman–Crippen LogP) is 1.74. The lowest BCUT2D eigenvalue weighted by Crippen LogP contribution is -2.36. The molecule has 0 saturated carbocycles. The molecule has 0 atom stereocenters. The van der Waals surface area contributed by atoms with Gasteiger partial charge in [0.1, 0.15) is 6.42 Å². The van der Waals surface area contributed by atoms with Crippen molar-refractivity contribution in [2.45, 2.75) is 39.7 Å². The van der Waals surface area contributed by atoms with Gasteiger partial charge in [-0.15, -0.1) is 0 Å². The topological polar surface area (TPSA) is 62.3 Å². The Morgan fingerprint density at radius 1 is 1.15 bits per heavy atom. The van der Waals surface area contributed by atoms with E-state index in [2.05, 4.69) is 10.3 Å². The van der Waals surface area contributed by atoms with Crippen LogP contribution in [0.2, 0.25) is 0 Å². The van der Waals surface area contributed by atoms with Crippen LogP contribution in [0.5, 0.6) is 0 Å². The van der Waals surface area contributed by atoms with Gasteiger partial charge >= 0.3 is 0 Å². The molecule has 0 aliphatic heterocycles.